The number of amidine groups is 2. The molecule has 0 spiro atoms. The van der Waals surface area contributed by atoms with Crippen LogP contribution in [0, 0.1) is 0 Å². The number of hydrogen-bond donors (Lipinski definition) is 0. The number of benzene rings is 3. The molecule has 3 aromatic carbocycles. The van der Waals surface area contributed by atoms with Crippen molar-refractivity contribution < 1.29 is 4.57 Å². The molecule has 0 bridgehead atoms. The van der Waals surface area contributed by atoms with Gasteiger partial charge in [-0.05, 0) is 28.8 Å². The lowest BCUT2D eigenvalue weighted by molar-refractivity contribution is 0.554. The summed E-state index contributed by atoms with van der Waals surface area (Å²) < 4.78 is 19.3. The van der Waals surface area contributed by atoms with Crippen LogP contribution in [0.2, 0.25) is 0 Å². The Bertz CT molecular complexity index is 1500. The van der Waals surface area contributed by atoms with Gasteiger partial charge in [0.1, 0.15) is 5.84 Å². The van der Waals surface area contributed by atoms with Crippen LogP contribution in [0.4, 0.5) is 0 Å². The Labute approximate surface area is 231 Å². The molecule has 0 amide bonds. The smallest absolute Gasteiger partial charge is 0.238 e. The van der Waals surface area contributed by atoms with Gasteiger partial charge in [-0.1, -0.05) is 120 Å². The minimum atomic E-state index is -3.66. The van der Waals surface area contributed by atoms with Crippen LogP contribution in [-0.4, -0.2) is 16.6 Å². The highest BCUT2D eigenvalue weighted by Crippen LogP contribution is 2.56. The molecule has 0 N–H and O–H groups in total. The van der Waals surface area contributed by atoms with Gasteiger partial charge in [0, 0.05) is 29.9 Å². The van der Waals surface area contributed by atoms with Gasteiger partial charge in [-0.2, -0.15) is 4.76 Å². The van der Waals surface area contributed by atoms with Crippen LogP contribution in [0.5, 0.6) is 0 Å². The largest absolute Gasteiger partial charge is 0.327 e. The molecule has 8 heteroatoms. The van der Waals surface area contributed by atoms with Crippen LogP contribution in [-0.2, 0) is 11.1 Å². The van der Waals surface area contributed by atoms with E-state index in [2.05, 4.69) is 0 Å². The first-order chi connectivity index (χ1) is 17.9. The first-order valence-electron chi connectivity index (χ1n) is 11.5. The second kappa shape index (κ2) is 11.1. The molecule has 184 valence electrons. The van der Waals surface area contributed by atoms with E-state index in [1.807, 2.05) is 102 Å². The van der Waals surface area contributed by atoms with E-state index in [1.165, 1.54) is 11.6 Å². The Balaban J connectivity index is 1.70. The molecule has 5 rings (SSSR count). The SMILES string of the molecule is O=P(/C=C(\Cl)c1ccccc1)(/C=C(\Cl)c1ccccc1)N=C1N=C2C=CC(Cl)=CN2Cc2ccccc21. The lowest BCUT2D eigenvalue weighted by atomic mass is 10.1. The van der Waals surface area contributed by atoms with Crippen LogP contribution >= 0.6 is 42.1 Å². The molecule has 0 atom stereocenters. The van der Waals surface area contributed by atoms with Crippen LogP contribution in [0.25, 0.3) is 10.1 Å². The third-order valence-electron chi connectivity index (χ3n) is 5.73. The lowest BCUT2D eigenvalue weighted by Crippen LogP contribution is -2.24. The van der Waals surface area contributed by atoms with Gasteiger partial charge in [0.15, 0.2) is 5.84 Å². The zero-order valence-corrected chi connectivity index (χ0v) is 22.7. The third-order valence-corrected chi connectivity index (χ3v) is 8.67. The molecule has 2 aliphatic heterocycles. The molecule has 37 heavy (non-hydrogen) atoms. The van der Waals surface area contributed by atoms with Crippen molar-refractivity contribution >= 4 is 63.8 Å². The monoisotopic (exact) mass is 563 g/mol. The van der Waals surface area contributed by atoms with Gasteiger partial charge in [0.2, 0.25) is 7.29 Å². The summed E-state index contributed by atoms with van der Waals surface area (Å²) in [6, 6.07) is 26.4. The van der Waals surface area contributed by atoms with Crippen molar-refractivity contribution in [3.8, 4) is 0 Å². The Morgan fingerprint density at radius 1 is 0.838 bits per heavy atom. The van der Waals surface area contributed by atoms with Gasteiger partial charge in [-0.25, -0.2) is 4.99 Å². The van der Waals surface area contributed by atoms with Gasteiger partial charge >= 0.3 is 0 Å². The Kier molecular flexibility index (Phi) is 7.64. The average Bonchev–Trinajstić information content (AvgIpc) is 3.05. The fraction of sp³-hybridized carbons (Fsp3) is 0.0345. The molecule has 0 fully saturated rings. The van der Waals surface area contributed by atoms with Crippen molar-refractivity contribution in [1.82, 2.24) is 4.90 Å². The summed E-state index contributed by atoms with van der Waals surface area (Å²) >= 11 is 19.6. The molecule has 0 unspecified atom stereocenters. The first kappa shape index (κ1) is 25.5. The number of nitrogens with zero attached hydrogens (tertiary/aromatic N) is 3. The van der Waals surface area contributed by atoms with E-state index in [4.69, 9.17) is 44.6 Å². The number of rotatable bonds is 5. The molecule has 0 radical (unpaired) electrons. The quantitative estimate of drug-likeness (QED) is 0.290. The summed E-state index contributed by atoms with van der Waals surface area (Å²) in [5.74, 6) is 3.92. The van der Waals surface area contributed by atoms with Gasteiger partial charge in [-0.15, -0.1) is 0 Å². The molecule has 0 aromatic heterocycles. The lowest BCUT2D eigenvalue weighted by Gasteiger charge is -2.21. The van der Waals surface area contributed by atoms with E-state index >= 15 is 0 Å². The molecule has 0 saturated carbocycles. The maximum atomic E-state index is 14.5. The summed E-state index contributed by atoms with van der Waals surface area (Å²) in [5.41, 5.74) is 3.19. The number of aliphatic imine (C=N–C) groups is 1. The normalized spacial score (nSPS) is 17.1. The van der Waals surface area contributed by atoms with E-state index < -0.39 is 7.29 Å². The van der Waals surface area contributed by atoms with E-state index in [9.17, 15) is 4.57 Å². The minimum Gasteiger partial charge on any atom is -0.327 e. The fourth-order valence-corrected chi connectivity index (χ4v) is 6.81. The van der Waals surface area contributed by atoms with E-state index in [1.54, 1.807) is 6.08 Å². The predicted octanol–water partition coefficient (Wildman–Crippen LogP) is 9.05. The van der Waals surface area contributed by atoms with E-state index in [-0.39, 0.29) is 0 Å². The molecular formula is C29H21Cl3N3OP. The highest BCUT2D eigenvalue weighted by molar-refractivity contribution is 7.69. The molecule has 0 aliphatic carbocycles. The van der Waals surface area contributed by atoms with Crippen molar-refractivity contribution in [3.63, 3.8) is 0 Å². The van der Waals surface area contributed by atoms with Crippen molar-refractivity contribution in [2.24, 2.45) is 9.76 Å². The molecule has 4 nitrogen and oxygen atoms in total. The maximum absolute atomic E-state index is 14.5. The van der Waals surface area contributed by atoms with Crippen LogP contribution in [0.1, 0.15) is 22.3 Å². The summed E-state index contributed by atoms with van der Waals surface area (Å²) in [6.45, 7) is 0.542. The van der Waals surface area contributed by atoms with E-state index in [0.29, 0.717) is 33.3 Å². The molecule has 3 aromatic rings. The zero-order chi connectivity index (χ0) is 25.8. The van der Waals surface area contributed by atoms with Crippen molar-refractivity contribution in [1.29, 1.82) is 0 Å². The highest BCUT2D eigenvalue weighted by atomic mass is 35.5. The minimum absolute atomic E-state index is 0.311. The Hall–Kier alpha value is -3.14. The summed E-state index contributed by atoms with van der Waals surface area (Å²) in [4.78, 5) is 6.74. The van der Waals surface area contributed by atoms with Gasteiger partial charge in [0.25, 0.3) is 0 Å². The number of halogens is 3. The Morgan fingerprint density at radius 3 is 2.03 bits per heavy atom. The number of hydrogen-bond acceptors (Lipinski definition) is 2. The number of allylic oxidation sites excluding steroid dienone is 2. The van der Waals surface area contributed by atoms with Crippen LogP contribution < -0.4 is 0 Å². The molecule has 0 saturated heterocycles. The average molecular weight is 565 g/mol. The Morgan fingerprint density at radius 2 is 1.41 bits per heavy atom. The molecule has 2 heterocycles. The standard InChI is InChI=1S/C29H21Cl3N3OP/c30-24-15-16-28-33-29(25-14-8-7-13-23(25)17-35(28)18-24)34-37(36,19-26(31)21-9-3-1-4-10-21)20-27(32)22-11-5-2-6-12-22/h1-16,18-20H,17H2/b26-19-,27-20-,34-29?. The summed E-state index contributed by atoms with van der Waals surface area (Å²) in [5, 5.41) is 1.22. The second-order valence-electron chi connectivity index (χ2n) is 8.38. The predicted molar refractivity (Wildman–Crippen MR) is 157 cm³/mol. The summed E-state index contributed by atoms with van der Waals surface area (Å²) in [6.07, 6.45) is 5.40. The van der Waals surface area contributed by atoms with E-state index in [0.717, 1.165) is 22.3 Å². The van der Waals surface area contributed by atoms with Crippen LogP contribution in [0.15, 0.2) is 130 Å². The molecular weight excluding hydrogens is 544 g/mol. The van der Waals surface area contributed by atoms with Gasteiger partial charge < -0.3 is 4.90 Å². The zero-order valence-electron chi connectivity index (χ0n) is 19.5. The highest BCUT2D eigenvalue weighted by Gasteiger charge is 2.25. The van der Waals surface area contributed by atoms with Crippen LogP contribution in [0.3, 0.4) is 0 Å². The van der Waals surface area contributed by atoms with Gasteiger partial charge in [-0.3, -0.25) is 4.57 Å². The fourth-order valence-electron chi connectivity index (χ4n) is 3.95. The van der Waals surface area contributed by atoms with Crippen molar-refractivity contribution in [2.45, 2.75) is 6.54 Å². The first-order valence-corrected chi connectivity index (χ1v) is 14.4. The van der Waals surface area contributed by atoms with Crippen molar-refractivity contribution in [2.75, 3.05) is 0 Å². The van der Waals surface area contributed by atoms with Gasteiger partial charge in [0.05, 0.1) is 15.1 Å². The second-order valence-corrected chi connectivity index (χ2v) is 11.7. The summed E-state index contributed by atoms with van der Waals surface area (Å²) in [7, 11) is -3.66. The maximum Gasteiger partial charge on any atom is 0.238 e. The molecule has 2 aliphatic rings. The number of fused-ring (bicyclic) bond motifs is 2. The third kappa shape index (κ3) is 6.06. The van der Waals surface area contributed by atoms with Crippen molar-refractivity contribution in [3.05, 3.63) is 142 Å². The topological polar surface area (TPSA) is 45.0 Å².